The molecule has 2 fully saturated rings. The molecule has 2 N–H and O–H groups in total. The van der Waals surface area contributed by atoms with Crippen molar-refractivity contribution in [3.05, 3.63) is 34.1 Å². The lowest BCUT2D eigenvalue weighted by molar-refractivity contribution is -0.895. The molecule has 8 heteroatoms. The summed E-state index contributed by atoms with van der Waals surface area (Å²) in [5.74, 6) is 0.922. The Morgan fingerprint density at radius 3 is 2.68 bits per heavy atom. The average molecular weight is 421 g/mol. The van der Waals surface area contributed by atoms with Crippen molar-refractivity contribution >= 4 is 29.7 Å². The lowest BCUT2D eigenvalue weighted by atomic mass is 10.2. The first-order valence-corrected chi connectivity index (χ1v) is 10.9. The van der Waals surface area contributed by atoms with Crippen LogP contribution in [0.4, 0.5) is 0 Å². The van der Waals surface area contributed by atoms with Crippen molar-refractivity contribution in [2.75, 3.05) is 13.6 Å². The van der Waals surface area contributed by atoms with E-state index in [0.717, 1.165) is 42.0 Å². The van der Waals surface area contributed by atoms with Gasteiger partial charge in [-0.1, -0.05) is 36.6 Å². The molecule has 28 heavy (non-hydrogen) atoms. The number of carbonyl (C=O) groups is 1. The Balaban J connectivity index is 1.60. The van der Waals surface area contributed by atoms with Crippen molar-refractivity contribution in [1.29, 1.82) is 0 Å². The Kier molecular flexibility index (Phi) is 5.85. The highest BCUT2D eigenvalue weighted by molar-refractivity contribution is 7.71. The summed E-state index contributed by atoms with van der Waals surface area (Å²) in [6, 6.07) is 8.53. The number of nitrogens with zero attached hydrogens (tertiary/aromatic N) is 3. The minimum absolute atomic E-state index is 0.0908. The Hall–Kier alpha value is -1.70. The van der Waals surface area contributed by atoms with Gasteiger partial charge in [0, 0.05) is 17.6 Å². The number of likely N-dealkylation sites (N-methyl/N-ethyl adjacent to an activating group) is 1. The molecule has 0 saturated heterocycles. The molecule has 6 nitrogen and oxygen atoms in total. The van der Waals surface area contributed by atoms with Crippen molar-refractivity contribution in [1.82, 2.24) is 19.7 Å². The van der Waals surface area contributed by atoms with Gasteiger partial charge in [0.2, 0.25) is 4.77 Å². The third kappa shape index (κ3) is 4.31. The number of aromatic nitrogens is 3. The molecule has 1 amide bonds. The molecule has 0 radical (unpaired) electrons. The van der Waals surface area contributed by atoms with Crippen LogP contribution < -0.4 is 10.2 Å². The van der Waals surface area contributed by atoms with Crippen LogP contribution >= 0.6 is 23.8 Å². The SMILES string of the molecule is C[NH+](CC(=O)NC1CC1)Cn1nc(-c2ccccc2Cl)n(C2CCCC2)c1=S. The molecule has 150 valence electrons. The maximum Gasteiger partial charge on any atom is 0.275 e. The fourth-order valence-corrected chi connectivity index (χ4v) is 4.49. The first kappa shape index (κ1) is 19.6. The van der Waals surface area contributed by atoms with E-state index in [2.05, 4.69) is 9.88 Å². The van der Waals surface area contributed by atoms with Crippen LogP contribution in [0.15, 0.2) is 24.3 Å². The monoisotopic (exact) mass is 420 g/mol. The zero-order valence-corrected chi connectivity index (χ0v) is 17.7. The molecule has 2 saturated carbocycles. The minimum Gasteiger partial charge on any atom is -0.348 e. The summed E-state index contributed by atoms with van der Waals surface area (Å²) in [5.41, 5.74) is 0.907. The molecule has 2 aliphatic carbocycles. The van der Waals surface area contributed by atoms with E-state index in [0.29, 0.717) is 35.1 Å². The fourth-order valence-electron chi connectivity index (χ4n) is 3.93. The zero-order chi connectivity index (χ0) is 19.7. The highest BCUT2D eigenvalue weighted by Crippen LogP contribution is 2.35. The molecular formula is C20H27ClN5OS+. The van der Waals surface area contributed by atoms with Gasteiger partial charge in [0.05, 0.1) is 12.1 Å². The van der Waals surface area contributed by atoms with Crippen molar-refractivity contribution < 1.29 is 9.69 Å². The normalized spacial score (nSPS) is 18.4. The highest BCUT2D eigenvalue weighted by Gasteiger charge is 2.27. The van der Waals surface area contributed by atoms with Gasteiger partial charge < -0.3 is 10.2 Å². The Morgan fingerprint density at radius 1 is 1.29 bits per heavy atom. The molecule has 0 spiro atoms. The lowest BCUT2D eigenvalue weighted by Crippen LogP contribution is -3.09. The van der Waals surface area contributed by atoms with Gasteiger partial charge in [0.15, 0.2) is 19.0 Å². The van der Waals surface area contributed by atoms with Gasteiger partial charge in [0.25, 0.3) is 5.91 Å². The van der Waals surface area contributed by atoms with Gasteiger partial charge in [-0.3, -0.25) is 9.36 Å². The van der Waals surface area contributed by atoms with Crippen LogP contribution in [0.2, 0.25) is 5.02 Å². The number of nitrogens with one attached hydrogen (secondary N) is 2. The molecule has 0 aliphatic heterocycles. The molecule has 4 rings (SSSR count). The third-order valence-electron chi connectivity index (χ3n) is 5.50. The molecule has 1 aromatic carbocycles. The first-order chi connectivity index (χ1) is 13.5. The number of hydrogen-bond donors (Lipinski definition) is 2. The summed E-state index contributed by atoms with van der Waals surface area (Å²) in [6.07, 6.45) is 6.86. The number of carbonyl (C=O) groups excluding carboxylic acids is 1. The van der Waals surface area contributed by atoms with E-state index < -0.39 is 0 Å². The maximum atomic E-state index is 12.1. The molecule has 2 aliphatic rings. The maximum absolute atomic E-state index is 12.1. The summed E-state index contributed by atoms with van der Waals surface area (Å²) in [5, 5.41) is 8.57. The number of hydrogen-bond acceptors (Lipinski definition) is 3. The van der Waals surface area contributed by atoms with Crippen LogP contribution in [-0.4, -0.2) is 39.9 Å². The first-order valence-electron chi connectivity index (χ1n) is 10.1. The van der Waals surface area contributed by atoms with Gasteiger partial charge in [-0.25, -0.2) is 0 Å². The number of halogens is 1. The van der Waals surface area contributed by atoms with Crippen LogP contribution in [0.3, 0.4) is 0 Å². The van der Waals surface area contributed by atoms with Gasteiger partial charge in [0.1, 0.15) is 0 Å². The second-order valence-corrected chi connectivity index (χ2v) is 8.80. The highest BCUT2D eigenvalue weighted by atomic mass is 35.5. The Bertz CT molecular complexity index is 914. The number of amides is 1. The van der Waals surface area contributed by atoms with Crippen LogP contribution in [-0.2, 0) is 11.5 Å². The largest absolute Gasteiger partial charge is 0.348 e. The van der Waals surface area contributed by atoms with Crippen molar-refractivity contribution in [2.24, 2.45) is 0 Å². The molecule has 0 bridgehead atoms. The molecular weight excluding hydrogens is 394 g/mol. The van der Waals surface area contributed by atoms with Crippen molar-refractivity contribution in [2.45, 2.75) is 57.3 Å². The van der Waals surface area contributed by atoms with E-state index in [1.165, 1.54) is 12.8 Å². The van der Waals surface area contributed by atoms with Gasteiger partial charge >= 0.3 is 0 Å². The lowest BCUT2D eigenvalue weighted by Gasteiger charge is -2.15. The minimum atomic E-state index is 0.0908. The van der Waals surface area contributed by atoms with Gasteiger partial charge in [-0.15, -0.1) is 5.10 Å². The van der Waals surface area contributed by atoms with Crippen LogP contribution in [0.1, 0.15) is 44.6 Å². The summed E-state index contributed by atoms with van der Waals surface area (Å²) in [4.78, 5) is 13.2. The zero-order valence-electron chi connectivity index (χ0n) is 16.2. The molecule has 1 aromatic heterocycles. The Labute approximate surface area is 175 Å². The Morgan fingerprint density at radius 2 is 2.00 bits per heavy atom. The quantitative estimate of drug-likeness (QED) is 0.677. The predicted molar refractivity (Wildman–Crippen MR) is 112 cm³/mol. The standard InChI is InChI=1S/C20H26ClN5OS/c1-24(12-18(27)22-14-10-11-14)13-25-20(28)26(15-6-2-3-7-15)19(23-25)16-8-4-5-9-17(16)21/h4-5,8-9,14-15H,2-3,6-7,10-13H2,1H3,(H,22,27)/p+1. The second kappa shape index (κ2) is 8.35. The van der Waals surface area contributed by atoms with E-state index in [9.17, 15) is 4.79 Å². The summed E-state index contributed by atoms with van der Waals surface area (Å²) >= 11 is 12.3. The number of quaternary nitrogens is 1. The van der Waals surface area contributed by atoms with Gasteiger partial charge in [-0.05, 0) is 50.0 Å². The van der Waals surface area contributed by atoms with Crippen molar-refractivity contribution in [3.63, 3.8) is 0 Å². The van der Waals surface area contributed by atoms with E-state index in [-0.39, 0.29) is 5.91 Å². The van der Waals surface area contributed by atoms with E-state index in [1.807, 2.05) is 36.0 Å². The summed E-state index contributed by atoms with van der Waals surface area (Å²) < 4.78 is 4.75. The fraction of sp³-hybridized carbons (Fsp3) is 0.550. The summed E-state index contributed by atoms with van der Waals surface area (Å²) in [7, 11) is 2.00. The number of benzene rings is 1. The van der Waals surface area contributed by atoms with Crippen molar-refractivity contribution in [3.8, 4) is 11.4 Å². The van der Waals surface area contributed by atoms with Gasteiger partial charge in [-0.2, -0.15) is 4.68 Å². The average Bonchev–Trinajstić information content (AvgIpc) is 3.19. The van der Waals surface area contributed by atoms with Crippen LogP contribution in [0.5, 0.6) is 0 Å². The molecule has 1 unspecified atom stereocenters. The van der Waals surface area contributed by atoms with E-state index in [1.54, 1.807) is 0 Å². The topological polar surface area (TPSA) is 56.3 Å². The van der Waals surface area contributed by atoms with Crippen LogP contribution in [0, 0.1) is 4.77 Å². The number of rotatable bonds is 7. The van der Waals surface area contributed by atoms with Crippen LogP contribution in [0.25, 0.3) is 11.4 Å². The smallest absolute Gasteiger partial charge is 0.275 e. The second-order valence-electron chi connectivity index (χ2n) is 8.03. The molecule has 1 heterocycles. The van der Waals surface area contributed by atoms with E-state index in [4.69, 9.17) is 28.9 Å². The van der Waals surface area contributed by atoms with E-state index >= 15 is 0 Å². The summed E-state index contributed by atoms with van der Waals surface area (Å²) in [6.45, 7) is 0.962. The predicted octanol–water partition coefficient (Wildman–Crippen LogP) is 2.60. The molecule has 2 aromatic rings. The third-order valence-corrected chi connectivity index (χ3v) is 6.24. The molecule has 1 atom stereocenters.